The zero-order chi connectivity index (χ0) is 16.6. The SMILES string of the molecule is CCCCCCCCCCCCCC=C(CC(=O)O)C(=O)O. The first-order chi connectivity index (χ1) is 10.6. The third-order valence-electron chi connectivity index (χ3n) is 3.81. The molecule has 0 aliphatic rings. The third-order valence-corrected chi connectivity index (χ3v) is 3.81. The number of allylic oxidation sites excluding steroid dienone is 1. The molecule has 0 saturated carbocycles. The lowest BCUT2D eigenvalue weighted by Gasteiger charge is -2.02. The zero-order valence-electron chi connectivity index (χ0n) is 14.0. The third kappa shape index (κ3) is 13.7. The lowest BCUT2D eigenvalue weighted by Crippen LogP contribution is -2.06. The average molecular weight is 312 g/mol. The van der Waals surface area contributed by atoms with E-state index in [0.717, 1.165) is 12.8 Å². The standard InChI is InChI=1S/C18H32O4/c1-2-3-4-5-6-7-8-9-10-11-12-13-14-16(18(21)22)15-17(19)20/h14H,2-13,15H2,1H3,(H,19,20)(H,21,22). The Kier molecular flexibility index (Phi) is 13.7. The molecule has 0 aromatic rings. The summed E-state index contributed by atoms with van der Waals surface area (Å²) in [6, 6.07) is 0. The molecule has 4 heteroatoms. The summed E-state index contributed by atoms with van der Waals surface area (Å²) in [5.74, 6) is -2.21. The van der Waals surface area contributed by atoms with Gasteiger partial charge in [0, 0.05) is 5.57 Å². The highest BCUT2D eigenvalue weighted by atomic mass is 16.4. The van der Waals surface area contributed by atoms with Gasteiger partial charge in [-0.2, -0.15) is 0 Å². The second-order valence-corrected chi connectivity index (χ2v) is 5.93. The minimum atomic E-state index is -1.12. The number of carboxylic acids is 2. The highest BCUT2D eigenvalue weighted by Gasteiger charge is 2.10. The summed E-state index contributed by atoms with van der Waals surface area (Å²) in [5.41, 5.74) is -0.000390. The summed E-state index contributed by atoms with van der Waals surface area (Å²) in [4.78, 5) is 21.4. The largest absolute Gasteiger partial charge is 0.481 e. The fourth-order valence-corrected chi connectivity index (χ4v) is 2.48. The predicted octanol–water partition coefficient (Wildman–Crippen LogP) is 5.17. The van der Waals surface area contributed by atoms with Crippen molar-refractivity contribution >= 4 is 11.9 Å². The molecule has 0 fully saturated rings. The maximum Gasteiger partial charge on any atom is 0.331 e. The summed E-state index contributed by atoms with van der Waals surface area (Å²) >= 11 is 0. The molecule has 0 spiro atoms. The van der Waals surface area contributed by atoms with Crippen molar-refractivity contribution in [3.05, 3.63) is 11.6 Å². The molecule has 0 heterocycles. The molecule has 0 aromatic heterocycles. The molecule has 4 nitrogen and oxygen atoms in total. The smallest absolute Gasteiger partial charge is 0.331 e. The fraction of sp³-hybridized carbons (Fsp3) is 0.778. The summed E-state index contributed by atoms with van der Waals surface area (Å²) in [6.45, 7) is 2.23. The Morgan fingerprint density at radius 3 is 1.64 bits per heavy atom. The molecular formula is C18H32O4. The van der Waals surface area contributed by atoms with E-state index in [1.54, 1.807) is 6.08 Å². The summed E-state index contributed by atoms with van der Waals surface area (Å²) in [6.07, 6.45) is 15.6. The Balaban J connectivity index is 3.48. The van der Waals surface area contributed by atoms with Crippen LogP contribution < -0.4 is 0 Å². The molecule has 128 valence electrons. The van der Waals surface area contributed by atoms with Gasteiger partial charge in [-0.05, 0) is 12.8 Å². The van der Waals surface area contributed by atoms with Gasteiger partial charge in [0.15, 0.2) is 0 Å². The van der Waals surface area contributed by atoms with Crippen molar-refractivity contribution in [3.63, 3.8) is 0 Å². The van der Waals surface area contributed by atoms with Gasteiger partial charge >= 0.3 is 11.9 Å². The first kappa shape index (κ1) is 20.7. The Labute approximate surface area is 134 Å². The molecular weight excluding hydrogens is 280 g/mol. The van der Waals surface area contributed by atoms with E-state index in [1.807, 2.05) is 0 Å². The van der Waals surface area contributed by atoms with Crippen LogP contribution >= 0.6 is 0 Å². The number of unbranched alkanes of at least 4 members (excludes halogenated alkanes) is 11. The maximum atomic E-state index is 10.8. The quantitative estimate of drug-likeness (QED) is 0.323. The molecule has 0 aliphatic carbocycles. The van der Waals surface area contributed by atoms with Crippen molar-refractivity contribution in [2.24, 2.45) is 0 Å². The van der Waals surface area contributed by atoms with Crippen LogP contribution in [0.15, 0.2) is 11.6 Å². The van der Waals surface area contributed by atoms with Crippen LogP contribution in [0.4, 0.5) is 0 Å². The van der Waals surface area contributed by atoms with Crippen LogP contribution in [0.5, 0.6) is 0 Å². The van der Waals surface area contributed by atoms with Gasteiger partial charge in [-0.25, -0.2) is 4.79 Å². The van der Waals surface area contributed by atoms with E-state index >= 15 is 0 Å². The van der Waals surface area contributed by atoms with E-state index in [9.17, 15) is 9.59 Å². The number of hydrogen-bond acceptors (Lipinski definition) is 2. The zero-order valence-corrected chi connectivity index (χ0v) is 14.0. The van der Waals surface area contributed by atoms with Crippen LogP contribution in [-0.2, 0) is 9.59 Å². The van der Waals surface area contributed by atoms with Crippen LogP contribution in [0.25, 0.3) is 0 Å². The molecule has 2 N–H and O–H groups in total. The van der Waals surface area contributed by atoms with E-state index < -0.39 is 18.4 Å². The second kappa shape index (κ2) is 14.6. The number of carbonyl (C=O) groups is 2. The average Bonchev–Trinajstić information content (AvgIpc) is 2.46. The van der Waals surface area contributed by atoms with Gasteiger partial charge in [0.05, 0.1) is 6.42 Å². The molecule has 0 bridgehead atoms. The first-order valence-electron chi connectivity index (χ1n) is 8.72. The van der Waals surface area contributed by atoms with Crippen molar-refractivity contribution in [2.75, 3.05) is 0 Å². The van der Waals surface area contributed by atoms with Crippen molar-refractivity contribution < 1.29 is 19.8 Å². The molecule has 0 aromatic carbocycles. The first-order valence-corrected chi connectivity index (χ1v) is 8.72. The second-order valence-electron chi connectivity index (χ2n) is 5.93. The van der Waals surface area contributed by atoms with E-state index in [2.05, 4.69) is 6.92 Å². The van der Waals surface area contributed by atoms with Gasteiger partial charge in [-0.3, -0.25) is 4.79 Å². The van der Waals surface area contributed by atoms with Crippen molar-refractivity contribution in [2.45, 2.75) is 90.4 Å². The highest BCUT2D eigenvalue weighted by molar-refractivity contribution is 5.91. The number of aliphatic carboxylic acids is 2. The number of hydrogen-bond donors (Lipinski definition) is 2. The lowest BCUT2D eigenvalue weighted by atomic mass is 10.0. The number of carboxylic acid groups (broad SMARTS) is 2. The minimum absolute atomic E-state index is 0.000390. The van der Waals surface area contributed by atoms with E-state index in [4.69, 9.17) is 10.2 Å². The minimum Gasteiger partial charge on any atom is -0.481 e. The van der Waals surface area contributed by atoms with E-state index in [1.165, 1.54) is 57.8 Å². The lowest BCUT2D eigenvalue weighted by molar-refractivity contribution is -0.139. The Bertz CT molecular complexity index is 334. The van der Waals surface area contributed by atoms with Crippen molar-refractivity contribution in [1.82, 2.24) is 0 Å². The van der Waals surface area contributed by atoms with E-state index in [-0.39, 0.29) is 5.57 Å². The normalized spacial score (nSPS) is 11.6. The maximum absolute atomic E-state index is 10.8. The Hall–Kier alpha value is -1.32. The van der Waals surface area contributed by atoms with Gasteiger partial charge in [0.2, 0.25) is 0 Å². The Morgan fingerprint density at radius 2 is 1.23 bits per heavy atom. The van der Waals surface area contributed by atoms with Crippen LogP contribution in [0, 0.1) is 0 Å². The molecule has 0 saturated heterocycles. The predicted molar refractivity (Wildman–Crippen MR) is 89.0 cm³/mol. The summed E-state index contributed by atoms with van der Waals surface area (Å²) < 4.78 is 0. The highest BCUT2D eigenvalue weighted by Crippen LogP contribution is 2.13. The van der Waals surface area contributed by atoms with Gasteiger partial charge in [0.1, 0.15) is 0 Å². The van der Waals surface area contributed by atoms with Crippen molar-refractivity contribution in [1.29, 1.82) is 0 Å². The molecule has 0 radical (unpaired) electrons. The molecule has 22 heavy (non-hydrogen) atoms. The summed E-state index contributed by atoms with van der Waals surface area (Å²) in [5, 5.41) is 17.5. The molecule has 0 amide bonds. The summed E-state index contributed by atoms with van der Waals surface area (Å²) in [7, 11) is 0. The van der Waals surface area contributed by atoms with Gasteiger partial charge in [-0.1, -0.05) is 77.2 Å². The molecule has 0 rings (SSSR count). The molecule has 0 aliphatic heterocycles. The van der Waals surface area contributed by atoms with Crippen LogP contribution in [0.1, 0.15) is 90.4 Å². The topological polar surface area (TPSA) is 74.6 Å². The van der Waals surface area contributed by atoms with Gasteiger partial charge in [-0.15, -0.1) is 0 Å². The van der Waals surface area contributed by atoms with Gasteiger partial charge in [0.25, 0.3) is 0 Å². The monoisotopic (exact) mass is 312 g/mol. The van der Waals surface area contributed by atoms with Crippen LogP contribution in [0.2, 0.25) is 0 Å². The van der Waals surface area contributed by atoms with Crippen LogP contribution in [0.3, 0.4) is 0 Å². The van der Waals surface area contributed by atoms with Crippen LogP contribution in [-0.4, -0.2) is 22.2 Å². The van der Waals surface area contributed by atoms with E-state index in [0.29, 0.717) is 6.42 Å². The fourth-order valence-electron chi connectivity index (χ4n) is 2.48. The molecule has 0 atom stereocenters. The van der Waals surface area contributed by atoms with Gasteiger partial charge < -0.3 is 10.2 Å². The van der Waals surface area contributed by atoms with Crippen molar-refractivity contribution in [3.8, 4) is 0 Å². The Morgan fingerprint density at radius 1 is 0.773 bits per heavy atom. The number of rotatable bonds is 15. The molecule has 0 unspecified atom stereocenters.